The Labute approximate surface area is 154 Å². The SMILES string of the molecule is COCC(Cc1ccccc1)N[C@@H]1CN(c2ccnc(N)n2)C[C@@H]1OC. The van der Waals surface area contributed by atoms with Crippen LogP contribution in [-0.2, 0) is 15.9 Å². The molecule has 2 heterocycles. The zero-order valence-corrected chi connectivity index (χ0v) is 15.3. The molecule has 1 fully saturated rings. The minimum Gasteiger partial charge on any atom is -0.383 e. The van der Waals surface area contributed by atoms with Gasteiger partial charge in [0.05, 0.1) is 18.8 Å². The van der Waals surface area contributed by atoms with Gasteiger partial charge in [0.2, 0.25) is 5.95 Å². The molecule has 1 aliphatic rings. The molecule has 3 atom stereocenters. The maximum atomic E-state index is 5.72. The van der Waals surface area contributed by atoms with Crippen LogP contribution in [0.2, 0.25) is 0 Å². The van der Waals surface area contributed by atoms with E-state index in [1.165, 1.54) is 5.56 Å². The second kappa shape index (κ2) is 8.93. The number of aromatic nitrogens is 2. The van der Waals surface area contributed by atoms with Gasteiger partial charge in [-0.15, -0.1) is 0 Å². The van der Waals surface area contributed by atoms with Crippen molar-refractivity contribution in [2.45, 2.75) is 24.6 Å². The average molecular weight is 357 g/mol. The molecule has 0 spiro atoms. The van der Waals surface area contributed by atoms with Crippen LogP contribution in [0, 0.1) is 0 Å². The summed E-state index contributed by atoms with van der Waals surface area (Å²) in [7, 11) is 3.48. The highest BCUT2D eigenvalue weighted by molar-refractivity contribution is 5.43. The topological polar surface area (TPSA) is 85.5 Å². The number of hydrogen-bond acceptors (Lipinski definition) is 7. The molecule has 1 aliphatic heterocycles. The van der Waals surface area contributed by atoms with E-state index >= 15 is 0 Å². The monoisotopic (exact) mass is 357 g/mol. The van der Waals surface area contributed by atoms with Crippen LogP contribution >= 0.6 is 0 Å². The highest BCUT2D eigenvalue weighted by atomic mass is 16.5. The summed E-state index contributed by atoms with van der Waals surface area (Å²) in [5.74, 6) is 1.12. The summed E-state index contributed by atoms with van der Waals surface area (Å²) < 4.78 is 11.1. The van der Waals surface area contributed by atoms with Crippen LogP contribution in [0.5, 0.6) is 0 Å². The Kier molecular flexibility index (Phi) is 6.38. The third kappa shape index (κ3) is 4.69. The quantitative estimate of drug-likeness (QED) is 0.732. The van der Waals surface area contributed by atoms with Gasteiger partial charge in [-0.1, -0.05) is 30.3 Å². The van der Waals surface area contributed by atoms with Crippen LogP contribution in [0.15, 0.2) is 42.6 Å². The fourth-order valence-corrected chi connectivity index (χ4v) is 3.47. The summed E-state index contributed by atoms with van der Waals surface area (Å²) in [4.78, 5) is 10.5. The third-order valence-electron chi connectivity index (χ3n) is 4.70. The van der Waals surface area contributed by atoms with Crippen LogP contribution in [0.25, 0.3) is 0 Å². The predicted molar refractivity (Wildman–Crippen MR) is 102 cm³/mol. The smallest absolute Gasteiger partial charge is 0.221 e. The van der Waals surface area contributed by atoms with E-state index in [0.29, 0.717) is 6.61 Å². The number of nitrogen functional groups attached to an aromatic ring is 1. The van der Waals surface area contributed by atoms with Crippen molar-refractivity contribution in [2.75, 3.05) is 44.5 Å². The van der Waals surface area contributed by atoms with Gasteiger partial charge in [-0.3, -0.25) is 0 Å². The largest absolute Gasteiger partial charge is 0.383 e. The minimum absolute atomic E-state index is 0.0707. The third-order valence-corrected chi connectivity index (χ3v) is 4.70. The number of nitrogens with zero attached hydrogens (tertiary/aromatic N) is 3. The summed E-state index contributed by atoms with van der Waals surface area (Å²) in [5, 5.41) is 3.71. The van der Waals surface area contributed by atoms with Crippen molar-refractivity contribution in [1.29, 1.82) is 0 Å². The van der Waals surface area contributed by atoms with Crippen molar-refractivity contribution >= 4 is 11.8 Å². The van der Waals surface area contributed by atoms with Crippen molar-refractivity contribution in [1.82, 2.24) is 15.3 Å². The van der Waals surface area contributed by atoms with Crippen LogP contribution < -0.4 is 16.0 Å². The first-order chi connectivity index (χ1) is 12.7. The Morgan fingerprint density at radius 3 is 2.73 bits per heavy atom. The zero-order valence-electron chi connectivity index (χ0n) is 15.3. The number of nitrogens with one attached hydrogen (secondary N) is 1. The lowest BCUT2D eigenvalue weighted by atomic mass is 10.0. The van der Waals surface area contributed by atoms with Crippen molar-refractivity contribution in [3.8, 4) is 0 Å². The number of anilines is 2. The summed E-state index contributed by atoms with van der Waals surface area (Å²) in [6.07, 6.45) is 2.66. The van der Waals surface area contributed by atoms with Crippen molar-refractivity contribution < 1.29 is 9.47 Å². The molecule has 0 amide bonds. The van der Waals surface area contributed by atoms with E-state index in [1.807, 2.05) is 12.1 Å². The van der Waals surface area contributed by atoms with Gasteiger partial charge in [-0.2, -0.15) is 4.98 Å². The molecular weight excluding hydrogens is 330 g/mol. The van der Waals surface area contributed by atoms with E-state index < -0.39 is 0 Å². The van der Waals surface area contributed by atoms with Crippen LogP contribution in [0.3, 0.4) is 0 Å². The van der Waals surface area contributed by atoms with Crippen molar-refractivity contribution in [3.63, 3.8) is 0 Å². The molecule has 2 aromatic rings. The first kappa shape index (κ1) is 18.6. The van der Waals surface area contributed by atoms with Gasteiger partial charge in [0, 0.05) is 39.5 Å². The zero-order chi connectivity index (χ0) is 18.4. The van der Waals surface area contributed by atoms with E-state index in [9.17, 15) is 0 Å². The average Bonchev–Trinajstić information content (AvgIpc) is 3.06. The Morgan fingerprint density at radius 2 is 2.04 bits per heavy atom. The Balaban J connectivity index is 1.67. The molecule has 1 unspecified atom stereocenters. The molecule has 0 aliphatic carbocycles. The number of methoxy groups -OCH3 is 2. The summed E-state index contributed by atoms with van der Waals surface area (Å²) in [6, 6.07) is 12.7. The predicted octanol–water partition coefficient (Wildman–Crippen LogP) is 1.11. The van der Waals surface area contributed by atoms with Crippen LogP contribution in [0.4, 0.5) is 11.8 Å². The maximum absolute atomic E-state index is 5.72. The van der Waals surface area contributed by atoms with Gasteiger partial charge >= 0.3 is 0 Å². The molecule has 3 rings (SSSR count). The first-order valence-corrected chi connectivity index (χ1v) is 8.84. The van der Waals surface area contributed by atoms with Gasteiger partial charge < -0.3 is 25.4 Å². The molecule has 7 heteroatoms. The Morgan fingerprint density at radius 1 is 1.23 bits per heavy atom. The normalized spacial score (nSPS) is 21.1. The summed E-state index contributed by atoms with van der Waals surface area (Å²) >= 11 is 0. The minimum atomic E-state index is 0.0707. The molecule has 0 bridgehead atoms. The lowest BCUT2D eigenvalue weighted by Crippen LogP contribution is -2.48. The molecule has 1 saturated heterocycles. The van der Waals surface area contributed by atoms with Gasteiger partial charge in [0.25, 0.3) is 0 Å². The second-order valence-electron chi connectivity index (χ2n) is 6.57. The molecule has 26 heavy (non-hydrogen) atoms. The van der Waals surface area contributed by atoms with Gasteiger partial charge in [0.15, 0.2) is 0 Å². The Hall–Kier alpha value is -2.22. The fraction of sp³-hybridized carbons (Fsp3) is 0.474. The molecule has 1 aromatic carbocycles. The lowest BCUT2D eigenvalue weighted by Gasteiger charge is -2.25. The number of rotatable bonds is 8. The molecule has 0 saturated carbocycles. The second-order valence-corrected chi connectivity index (χ2v) is 6.57. The van der Waals surface area contributed by atoms with Gasteiger partial charge in [-0.25, -0.2) is 4.98 Å². The van der Waals surface area contributed by atoms with Crippen LogP contribution in [0.1, 0.15) is 5.56 Å². The molecule has 140 valence electrons. The number of ether oxygens (including phenoxy) is 2. The molecule has 3 N–H and O–H groups in total. The highest BCUT2D eigenvalue weighted by Gasteiger charge is 2.35. The highest BCUT2D eigenvalue weighted by Crippen LogP contribution is 2.21. The van der Waals surface area contributed by atoms with Gasteiger partial charge in [-0.05, 0) is 18.1 Å². The number of benzene rings is 1. The fourth-order valence-electron chi connectivity index (χ4n) is 3.47. The lowest BCUT2D eigenvalue weighted by molar-refractivity contribution is 0.0839. The Bertz CT molecular complexity index is 685. The van der Waals surface area contributed by atoms with E-state index in [0.717, 1.165) is 25.3 Å². The molecule has 1 aromatic heterocycles. The molecule has 0 radical (unpaired) electrons. The summed E-state index contributed by atoms with van der Waals surface area (Å²) in [5.41, 5.74) is 7.01. The first-order valence-electron chi connectivity index (χ1n) is 8.84. The van der Waals surface area contributed by atoms with Crippen molar-refractivity contribution in [3.05, 3.63) is 48.2 Å². The molecule has 7 nitrogen and oxygen atoms in total. The van der Waals surface area contributed by atoms with Crippen molar-refractivity contribution in [2.24, 2.45) is 0 Å². The molecular formula is C19H27N5O2. The van der Waals surface area contributed by atoms with E-state index in [2.05, 4.69) is 44.5 Å². The number of nitrogens with two attached hydrogens (primary N) is 1. The van der Waals surface area contributed by atoms with Gasteiger partial charge in [0.1, 0.15) is 5.82 Å². The standard InChI is InChI=1S/C19H27N5O2/c1-25-13-15(10-14-6-4-3-5-7-14)22-16-11-24(12-17(16)26-2)18-8-9-21-19(20)23-18/h3-9,15-17,22H,10-13H2,1-2H3,(H2,20,21,23)/t15?,16-,17+/m1/s1. The maximum Gasteiger partial charge on any atom is 0.221 e. The number of hydrogen-bond donors (Lipinski definition) is 2. The van der Waals surface area contributed by atoms with E-state index in [4.69, 9.17) is 15.2 Å². The summed E-state index contributed by atoms with van der Waals surface area (Å²) in [6.45, 7) is 2.20. The van der Waals surface area contributed by atoms with E-state index in [1.54, 1.807) is 20.4 Å². The van der Waals surface area contributed by atoms with E-state index in [-0.39, 0.29) is 24.1 Å². The van der Waals surface area contributed by atoms with Crippen LogP contribution in [-0.4, -0.2) is 62.1 Å².